The summed E-state index contributed by atoms with van der Waals surface area (Å²) >= 11 is 0. The fourth-order valence-corrected chi connectivity index (χ4v) is 2.66. The molecule has 0 saturated carbocycles. The molecule has 0 radical (unpaired) electrons. The molecule has 25 heavy (non-hydrogen) atoms. The summed E-state index contributed by atoms with van der Waals surface area (Å²) in [7, 11) is 0. The van der Waals surface area contributed by atoms with E-state index < -0.39 is 0 Å². The van der Waals surface area contributed by atoms with Crippen molar-refractivity contribution < 1.29 is 15.0 Å². The van der Waals surface area contributed by atoms with E-state index in [1.807, 2.05) is 19.9 Å². The zero-order valence-electron chi connectivity index (χ0n) is 13.9. The zero-order chi connectivity index (χ0) is 18.0. The van der Waals surface area contributed by atoms with Gasteiger partial charge in [0.2, 0.25) is 0 Å². The van der Waals surface area contributed by atoms with Gasteiger partial charge in [-0.15, -0.1) is 0 Å². The van der Waals surface area contributed by atoms with Gasteiger partial charge in [-0.05, 0) is 44.2 Å². The number of fused-ring (bicyclic) bond motifs is 1. The van der Waals surface area contributed by atoms with E-state index >= 15 is 0 Å². The predicted octanol–water partition coefficient (Wildman–Crippen LogP) is 2.54. The third-order valence-electron chi connectivity index (χ3n) is 3.90. The highest BCUT2D eigenvalue weighted by Crippen LogP contribution is 2.21. The molecule has 0 saturated heterocycles. The van der Waals surface area contributed by atoms with Crippen LogP contribution in [0.4, 0.5) is 0 Å². The summed E-state index contributed by atoms with van der Waals surface area (Å²) in [6.07, 6.45) is 1.31. The highest BCUT2D eigenvalue weighted by Gasteiger charge is 2.10. The van der Waals surface area contributed by atoms with Gasteiger partial charge in [0.05, 0.1) is 17.2 Å². The minimum Gasteiger partial charge on any atom is -0.508 e. The van der Waals surface area contributed by atoms with Gasteiger partial charge >= 0.3 is 0 Å². The van der Waals surface area contributed by atoms with Crippen molar-refractivity contribution in [3.05, 3.63) is 53.3 Å². The number of carbonyl (C=O) groups is 1. The summed E-state index contributed by atoms with van der Waals surface area (Å²) in [4.78, 5) is 16.7. The maximum Gasteiger partial charge on any atom is 0.271 e. The molecular formula is C18H18N4O3. The SMILES string of the molecule is CCn1c(C)nc2cc(C(=O)N/N=C/c3ccc(O)cc3O)ccc21. The lowest BCUT2D eigenvalue weighted by atomic mass is 10.2. The zero-order valence-corrected chi connectivity index (χ0v) is 13.9. The number of aromatic hydroxyl groups is 2. The van der Waals surface area contributed by atoms with E-state index in [9.17, 15) is 15.0 Å². The van der Waals surface area contributed by atoms with Crippen LogP contribution in [0.15, 0.2) is 41.5 Å². The summed E-state index contributed by atoms with van der Waals surface area (Å²) in [6, 6.07) is 9.42. The maximum absolute atomic E-state index is 12.2. The summed E-state index contributed by atoms with van der Waals surface area (Å²) in [6.45, 7) is 4.79. The number of phenols is 2. The molecule has 0 fully saturated rings. The fraction of sp³-hybridized carbons (Fsp3) is 0.167. The minimum absolute atomic E-state index is 0.0474. The molecule has 128 valence electrons. The molecule has 3 N–H and O–H groups in total. The summed E-state index contributed by atoms with van der Waals surface area (Å²) in [5, 5.41) is 22.7. The molecule has 0 aliphatic carbocycles. The average Bonchev–Trinajstić information content (AvgIpc) is 2.90. The number of rotatable bonds is 4. The lowest BCUT2D eigenvalue weighted by Crippen LogP contribution is -2.17. The number of hydrogen-bond donors (Lipinski definition) is 3. The van der Waals surface area contributed by atoms with Crippen molar-refractivity contribution in [3.8, 4) is 11.5 Å². The molecule has 0 spiro atoms. The molecule has 0 bridgehead atoms. The summed E-state index contributed by atoms with van der Waals surface area (Å²) < 4.78 is 2.07. The van der Waals surface area contributed by atoms with Crippen LogP contribution in [0.5, 0.6) is 11.5 Å². The van der Waals surface area contributed by atoms with Gasteiger partial charge in [0, 0.05) is 23.7 Å². The van der Waals surface area contributed by atoms with Crippen LogP contribution in [0, 0.1) is 6.92 Å². The van der Waals surface area contributed by atoms with E-state index in [0.717, 1.165) is 23.4 Å². The van der Waals surface area contributed by atoms with Gasteiger partial charge in [-0.3, -0.25) is 4.79 Å². The van der Waals surface area contributed by atoms with Crippen LogP contribution < -0.4 is 5.43 Å². The number of phenolic OH excluding ortho intramolecular Hbond substituents is 2. The van der Waals surface area contributed by atoms with Crippen molar-refractivity contribution in [3.63, 3.8) is 0 Å². The van der Waals surface area contributed by atoms with E-state index in [2.05, 4.69) is 20.1 Å². The number of carbonyl (C=O) groups excluding carboxylic acids is 1. The minimum atomic E-state index is -0.375. The number of hydrogen-bond acceptors (Lipinski definition) is 5. The Morgan fingerprint density at radius 3 is 2.80 bits per heavy atom. The average molecular weight is 338 g/mol. The van der Waals surface area contributed by atoms with Gasteiger partial charge in [0.15, 0.2) is 0 Å². The first-order chi connectivity index (χ1) is 12.0. The van der Waals surface area contributed by atoms with Gasteiger partial charge in [-0.1, -0.05) is 0 Å². The third-order valence-corrected chi connectivity index (χ3v) is 3.90. The van der Waals surface area contributed by atoms with Crippen molar-refractivity contribution in [1.82, 2.24) is 15.0 Å². The molecular weight excluding hydrogens is 320 g/mol. The second kappa shape index (κ2) is 6.64. The highest BCUT2D eigenvalue weighted by molar-refractivity contribution is 5.98. The van der Waals surface area contributed by atoms with E-state index in [1.54, 1.807) is 12.1 Å². The maximum atomic E-state index is 12.2. The quantitative estimate of drug-likeness (QED) is 0.503. The number of nitrogens with zero attached hydrogens (tertiary/aromatic N) is 3. The van der Waals surface area contributed by atoms with Crippen LogP contribution in [0.2, 0.25) is 0 Å². The second-order valence-electron chi connectivity index (χ2n) is 5.55. The molecule has 1 heterocycles. The normalized spacial score (nSPS) is 11.3. The van der Waals surface area contributed by atoms with E-state index in [-0.39, 0.29) is 17.4 Å². The molecule has 3 aromatic rings. The van der Waals surface area contributed by atoms with Crippen LogP contribution in [0.3, 0.4) is 0 Å². The molecule has 3 rings (SSSR count). The molecule has 2 aromatic carbocycles. The number of benzene rings is 2. The van der Waals surface area contributed by atoms with Crippen LogP contribution >= 0.6 is 0 Å². The van der Waals surface area contributed by atoms with Crippen LogP contribution in [0.1, 0.15) is 28.7 Å². The number of nitrogens with one attached hydrogen (secondary N) is 1. The Balaban J connectivity index is 1.77. The molecule has 1 aromatic heterocycles. The molecule has 7 nitrogen and oxygen atoms in total. The summed E-state index contributed by atoms with van der Waals surface area (Å²) in [5.41, 5.74) is 4.97. The van der Waals surface area contributed by atoms with E-state index in [4.69, 9.17) is 0 Å². The monoisotopic (exact) mass is 338 g/mol. The van der Waals surface area contributed by atoms with Crippen molar-refractivity contribution in [2.75, 3.05) is 0 Å². The van der Waals surface area contributed by atoms with Gasteiger partial charge in [-0.2, -0.15) is 5.10 Å². The first-order valence-electron chi connectivity index (χ1n) is 7.82. The predicted molar refractivity (Wildman–Crippen MR) is 95.0 cm³/mol. The molecule has 0 unspecified atom stereocenters. The molecule has 0 atom stereocenters. The molecule has 7 heteroatoms. The van der Waals surface area contributed by atoms with E-state index in [0.29, 0.717) is 11.1 Å². The van der Waals surface area contributed by atoms with Crippen molar-refractivity contribution in [1.29, 1.82) is 0 Å². The Hall–Kier alpha value is -3.35. The largest absolute Gasteiger partial charge is 0.508 e. The van der Waals surface area contributed by atoms with Gasteiger partial charge < -0.3 is 14.8 Å². The van der Waals surface area contributed by atoms with Crippen LogP contribution in [-0.2, 0) is 6.54 Å². The lowest BCUT2D eigenvalue weighted by molar-refractivity contribution is 0.0955. The second-order valence-corrected chi connectivity index (χ2v) is 5.55. The lowest BCUT2D eigenvalue weighted by Gasteiger charge is -2.03. The number of aromatic nitrogens is 2. The number of imidazole rings is 1. The topological polar surface area (TPSA) is 99.7 Å². The van der Waals surface area contributed by atoms with Crippen molar-refractivity contribution in [2.24, 2.45) is 5.10 Å². The number of aryl methyl sites for hydroxylation is 2. The Labute approximate surface area is 144 Å². The molecule has 0 aliphatic heterocycles. The smallest absolute Gasteiger partial charge is 0.271 e. The highest BCUT2D eigenvalue weighted by atomic mass is 16.3. The summed E-state index contributed by atoms with van der Waals surface area (Å²) in [5.74, 6) is 0.352. The first-order valence-corrected chi connectivity index (χ1v) is 7.82. The van der Waals surface area contributed by atoms with Crippen molar-refractivity contribution >= 4 is 23.2 Å². The Kier molecular flexibility index (Phi) is 4.38. The standard InChI is InChI=1S/C18H18N4O3/c1-3-22-11(2)20-15-8-12(5-7-16(15)22)18(25)21-19-10-13-4-6-14(23)9-17(13)24/h4-10,23-24H,3H2,1-2H3,(H,21,25)/b19-10+. The van der Waals surface area contributed by atoms with Crippen LogP contribution in [-0.4, -0.2) is 31.9 Å². The van der Waals surface area contributed by atoms with Gasteiger partial charge in [0.1, 0.15) is 17.3 Å². The first kappa shape index (κ1) is 16.5. The molecule has 1 amide bonds. The number of hydrazone groups is 1. The number of amides is 1. The van der Waals surface area contributed by atoms with Crippen molar-refractivity contribution in [2.45, 2.75) is 20.4 Å². The van der Waals surface area contributed by atoms with E-state index in [1.165, 1.54) is 24.4 Å². The Morgan fingerprint density at radius 1 is 1.28 bits per heavy atom. The molecule has 0 aliphatic rings. The Bertz CT molecular complexity index is 976. The third kappa shape index (κ3) is 3.30. The Morgan fingerprint density at radius 2 is 2.08 bits per heavy atom. The van der Waals surface area contributed by atoms with Crippen LogP contribution in [0.25, 0.3) is 11.0 Å². The fourth-order valence-electron chi connectivity index (χ4n) is 2.66. The van der Waals surface area contributed by atoms with Gasteiger partial charge in [0.25, 0.3) is 5.91 Å². The van der Waals surface area contributed by atoms with Gasteiger partial charge in [-0.25, -0.2) is 10.4 Å².